The van der Waals surface area contributed by atoms with Gasteiger partial charge in [-0.15, -0.1) is 0 Å². The lowest BCUT2D eigenvalue weighted by Gasteiger charge is -2.52. The van der Waals surface area contributed by atoms with Gasteiger partial charge in [-0.3, -0.25) is 4.79 Å². The van der Waals surface area contributed by atoms with Gasteiger partial charge in [0, 0.05) is 11.5 Å². The van der Waals surface area contributed by atoms with Gasteiger partial charge in [-0.25, -0.2) is 0 Å². The summed E-state index contributed by atoms with van der Waals surface area (Å²) in [5.41, 5.74) is 6.14. The normalized spacial score (nSPS) is 52.2. The van der Waals surface area contributed by atoms with Crippen LogP contribution >= 0.6 is 0 Å². The van der Waals surface area contributed by atoms with Crippen LogP contribution in [0.1, 0.15) is 46.0 Å². The van der Waals surface area contributed by atoms with E-state index in [0.29, 0.717) is 18.3 Å². The van der Waals surface area contributed by atoms with Gasteiger partial charge in [-0.2, -0.15) is 0 Å². The second kappa shape index (κ2) is 4.20. The quantitative estimate of drug-likeness (QED) is 0.669. The second-order valence-electron chi connectivity index (χ2n) is 6.50. The maximum absolute atomic E-state index is 11.7. The lowest BCUT2D eigenvalue weighted by molar-refractivity contribution is -0.234. The highest BCUT2D eigenvalue weighted by atomic mass is 16.7. The van der Waals surface area contributed by atoms with Gasteiger partial charge >= 0.3 is 5.97 Å². The van der Waals surface area contributed by atoms with Crippen molar-refractivity contribution in [1.29, 1.82) is 0 Å². The van der Waals surface area contributed by atoms with E-state index in [-0.39, 0.29) is 18.0 Å². The van der Waals surface area contributed by atoms with Crippen LogP contribution in [0, 0.1) is 17.8 Å². The number of ether oxygens (including phenoxy) is 2. The van der Waals surface area contributed by atoms with Crippen molar-refractivity contribution in [1.82, 2.24) is 0 Å². The smallest absolute Gasteiger partial charge is 0.309 e. The van der Waals surface area contributed by atoms with Gasteiger partial charge in [0.2, 0.25) is 6.29 Å². The molecule has 1 saturated carbocycles. The molecule has 2 saturated heterocycles. The molecule has 0 bridgehead atoms. The predicted molar refractivity (Wildman–Crippen MR) is 66.6 cm³/mol. The number of hydrogen-bond donors (Lipinski definition) is 1. The van der Waals surface area contributed by atoms with Crippen molar-refractivity contribution < 1.29 is 14.3 Å². The molecule has 18 heavy (non-hydrogen) atoms. The molecule has 5 unspecified atom stereocenters. The van der Waals surface area contributed by atoms with Crippen LogP contribution in [0.3, 0.4) is 0 Å². The topological polar surface area (TPSA) is 61.6 Å². The molecule has 4 heteroatoms. The third-order valence-corrected chi connectivity index (χ3v) is 5.21. The molecule has 0 radical (unpaired) electrons. The van der Waals surface area contributed by atoms with Crippen LogP contribution in [-0.4, -0.2) is 23.9 Å². The van der Waals surface area contributed by atoms with Crippen molar-refractivity contribution in [3.8, 4) is 0 Å². The number of rotatable bonds is 0. The molecule has 0 spiro atoms. The summed E-state index contributed by atoms with van der Waals surface area (Å²) >= 11 is 0. The summed E-state index contributed by atoms with van der Waals surface area (Å²) in [5.74, 6) is 1.18. The van der Waals surface area contributed by atoms with E-state index < -0.39 is 11.8 Å². The SMILES string of the molecule is CC1CCC2C(C)CC[C@@]3(N)CC(=O)OC(O1)C23. The van der Waals surface area contributed by atoms with Crippen LogP contribution in [-0.2, 0) is 14.3 Å². The number of carbonyl (C=O) groups is 1. The molecule has 3 fully saturated rings. The van der Waals surface area contributed by atoms with Gasteiger partial charge in [0.05, 0.1) is 12.5 Å². The first-order valence-corrected chi connectivity index (χ1v) is 7.13. The van der Waals surface area contributed by atoms with E-state index in [2.05, 4.69) is 13.8 Å². The zero-order valence-corrected chi connectivity index (χ0v) is 11.2. The minimum Gasteiger partial charge on any atom is -0.435 e. The first kappa shape index (κ1) is 12.4. The van der Waals surface area contributed by atoms with E-state index in [1.165, 1.54) is 0 Å². The minimum atomic E-state index is -0.415. The molecule has 2 N–H and O–H groups in total. The summed E-state index contributed by atoms with van der Waals surface area (Å²) in [6.45, 7) is 4.36. The number of carbonyl (C=O) groups excluding carboxylic acids is 1. The van der Waals surface area contributed by atoms with E-state index in [1.54, 1.807) is 0 Å². The van der Waals surface area contributed by atoms with Gasteiger partial charge in [0.1, 0.15) is 0 Å². The largest absolute Gasteiger partial charge is 0.435 e. The summed E-state index contributed by atoms with van der Waals surface area (Å²) in [6, 6.07) is 0. The van der Waals surface area contributed by atoms with E-state index in [1.807, 2.05) is 0 Å². The Hall–Kier alpha value is -0.610. The fourth-order valence-corrected chi connectivity index (χ4v) is 4.15. The Labute approximate surface area is 108 Å². The van der Waals surface area contributed by atoms with Gasteiger partial charge in [0.25, 0.3) is 0 Å². The monoisotopic (exact) mass is 253 g/mol. The Morgan fingerprint density at radius 3 is 2.83 bits per heavy atom. The molecule has 0 aromatic carbocycles. The summed E-state index contributed by atoms with van der Waals surface area (Å²) < 4.78 is 11.4. The third kappa shape index (κ3) is 1.86. The van der Waals surface area contributed by atoms with E-state index in [9.17, 15) is 4.79 Å². The molecule has 0 aromatic heterocycles. The molecule has 4 nitrogen and oxygen atoms in total. The number of esters is 1. The highest BCUT2D eigenvalue weighted by Crippen LogP contribution is 2.50. The van der Waals surface area contributed by atoms with Gasteiger partial charge < -0.3 is 15.2 Å². The molecule has 6 atom stereocenters. The first-order chi connectivity index (χ1) is 8.49. The molecule has 2 aliphatic heterocycles. The van der Waals surface area contributed by atoms with Gasteiger partial charge in [-0.05, 0) is 44.4 Å². The van der Waals surface area contributed by atoms with Crippen molar-refractivity contribution in [3.05, 3.63) is 0 Å². The Morgan fingerprint density at radius 1 is 1.28 bits per heavy atom. The van der Waals surface area contributed by atoms with Crippen molar-refractivity contribution in [3.63, 3.8) is 0 Å². The fourth-order valence-electron chi connectivity index (χ4n) is 4.15. The molecule has 102 valence electrons. The summed E-state index contributed by atoms with van der Waals surface area (Å²) in [4.78, 5) is 11.7. The van der Waals surface area contributed by atoms with E-state index in [4.69, 9.17) is 15.2 Å². The van der Waals surface area contributed by atoms with Crippen molar-refractivity contribution in [2.45, 2.75) is 63.9 Å². The van der Waals surface area contributed by atoms with Crippen LogP contribution in [0.5, 0.6) is 0 Å². The average Bonchev–Trinajstić information content (AvgIpc) is 2.44. The lowest BCUT2D eigenvalue weighted by Crippen LogP contribution is -2.63. The van der Waals surface area contributed by atoms with Crippen LogP contribution < -0.4 is 5.73 Å². The van der Waals surface area contributed by atoms with Crippen LogP contribution in [0.25, 0.3) is 0 Å². The average molecular weight is 253 g/mol. The summed E-state index contributed by atoms with van der Waals surface area (Å²) in [5, 5.41) is 0. The van der Waals surface area contributed by atoms with Crippen molar-refractivity contribution >= 4 is 5.97 Å². The molecular weight excluding hydrogens is 230 g/mol. The Balaban J connectivity index is 1.96. The second-order valence-corrected chi connectivity index (χ2v) is 6.50. The molecule has 3 aliphatic rings. The lowest BCUT2D eigenvalue weighted by atomic mass is 9.60. The maximum atomic E-state index is 11.7. The van der Waals surface area contributed by atoms with Crippen LogP contribution in [0.2, 0.25) is 0 Å². The van der Waals surface area contributed by atoms with E-state index in [0.717, 1.165) is 25.7 Å². The molecule has 1 aliphatic carbocycles. The zero-order chi connectivity index (χ0) is 12.9. The standard InChI is InChI=1S/C14H23NO3/c1-8-5-6-14(15)7-11(16)18-13-12(14)10(8)4-3-9(2)17-13/h8-10,12-13H,3-7,15H2,1-2H3/t8?,9?,10?,12?,13?,14-/m1/s1. The Morgan fingerprint density at radius 2 is 2.06 bits per heavy atom. The molecule has 3 rings (SSSR count). The Kier molecular flexibility index (Phi) is 2.90. The predicted octanol–water partition coefficient (Wildman–Crippen LogP) is 1.82. The summed E-state index contributed by atoms with van der Waals surface area (Å²) in [7, 11) is 0. The van der Waals surface area contributed by atoms with Gasteiger partial charge in [0.15, 0.2) is 0 Å². The maximum Gasteiger partial charge on any atom is 0.309 e. The first-order valence-electron chi connectivity index (χ1n) is 7.13. The molecule has 0 aromatic rings. The highest BCUT2D eigenvalue weighted by molar-refractivity contribution is 5.72. The highest BCUT2D eigenvalue weighted by Gasteiger charge is 2.56. The van der Waals surface area contributed by atoms with Crippen molar-refractivity contribution in [2.24, 2.45) is 23.5 Å². The fraction of sp³-hybridized carbons (Fsp3) is 0.929. The zero-order valence-electron chi connectivity index (χ0n) is 11.2. The van der Waals surface area contributed by atoms with Crippen LogP contribution in [0.4, 0.5) is 0 Å². The molecular formula is C14H23NO3. The number of hydrogen-bond acceptors (Lipinski definition) is 4. The van der Waals surface area contributed by atoms with Crippen LogP contribution in [0.15, 0.2) is 0 Å². The Bertz CT molecular complexity index is 359. The summed E-state index contributed by atoms with van der Waals surface area (Å²) in [6.07, 6.45) is 4.31. The third-order valence-electron chi connectivity index (χ3n) is 5.21. The van der Waals surface area contributed by atoms with Crippen molar-refractivity contribution in [2.75, 3.05) is 0 Å². The molecule has 2 heterocycles. The number of nitrogens with two attached hydrogens (primary N) is 1. The van der Waals surface area contributed by atoms with E-state index >= 15 is 0 Å². The minimum absolute atomic E-state index is 0.156. The van der Waals surface area contributed by atoms with Gasteiger partial charge in [-0.1, -0.05) is 6.92 Å². The molecule has 0 amide bonds.